The van der Waals surface area contributed by atoms with E-state index in [1.54, 1.807) is 6.07 Å². The van der Waals surface area contributed by atoms with Crippen molar-refractivity contribution in [3.8, 4) is 0 Å². The first-order valence-corrected chi connectivity index (χ1v) is 9.36. The summed E-state index contributed by atoms with van der Waals surface area (Å²) >= 11 is 3.39. The van der Waals surface area contributed by atoms with Gasteiger partial charge < -0.3 is 5.32 Å². The Kier molecular flexibility index (Phi) is 4.17. The van der Waals surface area contributed by atoms with Crippen LogP contribution in [-0.4, -0.2) is 20.5 Å². The van der Waals surface area contributed by atoms with Crippen molar-refractivity contribution < 1.29 is 8.42 Å². The lowest BCUT2D eigenvalue weighted by atomic mass is 9.94. The van der Waals surface area contributed by atoms with Crippen molar-refractivity contribution in [1.82, 2.24) is 10.0 Å². The van der Waals surface area contributed by atoms with E-state index in [1.165, 1.54) is 12.8 Å². The van der Waals surface area contributed by atoms with Gasteiger partial charge in [-0.1, -0.05) is 12.5 Å². The maximum absolute atomic E-state index is 12.3. The SMILES string of the molecule is O=S(=O)(NC1CCC1)c1ccc(CNC2CC2)cc1Br. The summed E-state index contributed by atoms with van der Waals surface area (Å²) in [6.07, 6.45) is 5.50. The monoisotopic (exact) mass is 358 g/mol. The summed E-state index contributed by atoms with van der Waals surface area (Å²) in [6, 6.07) is 6.23. The molecular formula is C14H19BrN2O2S. The fraction of sp³-hybridized carbons (Fsp3) is 0.571. The Morgan fingerprint density at radius 2 is 1.90 bits per heavy atom. The van der Waals surface area contributed by atoms with E-state index >= 15 is 0 Å². The van der Waals surface area contributed by atoms with E-state index in [-0.39, 0.29) is 6.04 Å². The van der Waals surface area contributed by atoms with Crippen molar-refractivity contribution >= 4 is 26.0 Å². The molecule has 3 rings (SSSR count). The molecule has 0 heterocycles. The summed E-state index contributed by atoms with van der Waals surface area (Å²) < 4.78 is 28.0. The average Bonchev–Trinajstić information content (AvgIpc) is 3.15. The lowest BCUT2D eigenvalue weighted by Crippen LogP contribution is -2.39. The molecule has 0 amide bonds. The van der Waals surface area contributed by atoms with Crippen LogP contribution in [0, 0.1) is 0 Å². The van der Waals surface area contributed by atoms with Crippen molar-refractivity contribution in [2.75, 3.05) is 0 Å². The van der Waals surface area contributed by atoms with Gasteiger partial charge in [0.2, 0.25) is 10.0 Å². The summed E-state index contributed by atoms with van der Waals surface area (Å²) in [5.41, 5.74) is 1.10. The summed E-state index contributed by atoms with van der Waals surface area (Å²) in [7, 11) is -3.40. The number of halogens is 1. The van der Waals surface area contributed by atoms with Gasteiger partial charge in [-0.2, -0.15) is 0 Å². The van der Waals surface area contributed by atoms with Crippen molar-refractivity contribution in [3.05, 3.63) is 28.2 Å². The Morgan fingerprint density at radius 1 is 1.15 bits per heavy atom. The standard InChI is InChI=1S/C14H19BrN2O2S/c15-13-8-10(9-16-11-5-6-11)4-7-14(13)20(18,19)17-12-2-1-3-12/h4,7-8,11-12,16-17H,1-3,5-6,9H2. The molecule has 0 unspecified atom stereocenters. The average molecular weight is 359 g/mol. The maximum Gasteiger partial charge on any atom is 0.241 e. The molecule has 2 aliphatic carbocycles. The van der Waals surface area contributed by atoms with Gasteiger partial charge in [0.1, 0.15) is 0 Å². The molecule has 2 N–H and O–H groups in total. The van der Waals surface area contributed by atoms with Crippen LogP contribution in [0.25, 0.3) is 0 Å². The minimum absolute atomic E-state index is 0.114. The van der Waals surface area contributed by atoms with Crippen molar-refractivity contribution in [2.24, 2.45) is 0 Å². The zero-order chi connectivity index (χ0) is 14.2. The highest BCUT2D eigenvalue weighted by molar-refractivity contribution is 9.10. The summed E-state index contributed by atoms with van der Waals surface area (Å²) in [4.78, 5) is 0.333. The fourth-order valence-electron chi connectivity index (χ4n) is 2.23. The number of rotatable bonds is 6. The predicted molar refractivity (Wildman–Crippen MR) is 82.0 cm³/mol. The first-order chi connectivity index (χ1) is 9.54. The van der Waals surface area contributed by atoms with Crippen LogP contribution in [0.1, 0.15) is 37.7 Å². The van der Waals surface area contributed by atoms with E-state index in [0.29, 0.717) is 15.4 Å². The lowest BCUT2D eigenvalue weighted by Gasteiger charge is -2.26. The maximum atomic E-state index is 12.3. The van der Waals surface area contributed by atoms with Gasteiger partial charge in [-0.15, -0.1) is 0 Å². The van der Waals surface area contributed by atoms with Crippen LogP contribution >= 0.6 is 15.9 Å². The molecule has 6 heteroatoms. The number of benzene rings is 1. The van der Waals surface area contributed by atoms with Gasteiger partial charge in [-0.05, 0) is 59.3 Å². The molecule has 0 aromatic heterocycles. The van der Waals surface area contributed by atoms with E-state index < -0.39 is 10.0 Å². The van der Waals surface area contributed by atoms with Crippen LogP contribution in [-0.2, 0) is 16.6 Å². The van der Waals surface area contributed by atoms with Crippen molar-refractivity contribution in [3.63, 3.8) is 0 Å². The van der Waals surface area contributed by atoms with Gasteiger partial charge in [-0.3, -0.25) is 0 Å². The Balaban J connectivity index is 1.71. The fourth-order valence-corrected chi connectivity index (χ4v) is 4.66. The third kappa shape index (κ3) is 3.42. The molecule has 0 spiro atoms. The molecule has 110 valence electrons. The Morgan fingerprint density at radius 3 is 2.45 bits per heavy atom. The minimum Gasteiger partial charge on any atom is -0.310 e. The second-order valence-corrected chi connectivity index (χ2v) is 8.21. The highest BCUT2D eigenvalue weighted by Crippen LogP contribution is 2.27. The third-order valence-electron chi connectivity index (χ3n) is 3.89. The lowest BCUT2D eigenvalue weighted by molar-refractivity contribution is 0.383. The zero-order valence-corrected chi connectivity index (χ0v) is 13.6. The molecular weight excluding hydrogens is 340 g/mol. The number of sulfonamides is 1. The first-order valence-electron chi connectivity index (χ1n) is 7.09. The number of hydrogen-bond acceptors (Lipinski definition) is 3. The normalized spacial score (nSPS) is 19.9. The highest BCUT2D eigenvalue weighted by Gasteiger charge is 2.26. The van der Waals surface area contributed by atoms with Crippen LogP contribution in [0.5, 0.6) is 0 Å². The number of nitrogens with one attached hydrogen (secondary N) is 2. The van der Waals surface area contributed by atoms with Gasteiger partial charge >= 0.3 is 0 Å². The minimum atomic E-state index is -3.40. The zero-order valence-electron chi connectivity index (χ0n) is 11.2. The van der Waals surface area contributed by atoms with Crippen LogP contribution < -0.4 is 10.0 Å². The van der Waals surface area contributed by atoms with E-state index in [0.717, 1.165) is 31.4 Å². The highest BCUT2D eigenvalue weighted by atomic mass is 79.9. The van der Waals surface area contributed by atoms with Gasteiger partial charge in [0.25, 0.3) is 0 Å². The topological polar surface area (TPSA) is 58.2 Å². The molecule has 1 aromatic carbocycles. The van der Waals surface area contributed by atoms with Gasteiger partial charge in [0, 0.05) is 23.1 Å². The van der Waals surface area contributed by atoms with Crippen LogP contribution in [0.3, 0.4) is 0 Å². The molecule has 2 fully saturated rings. The quantitative estimate of drug-likeness (QED) is 0.821. The Labute approximate surface area is 128 Å². The second kappa shape index (κ2) is 5.75. The molecule has 2 saturated carbocycles. The third-order valence-corrected chi connectivity index (χ3v) is 6.38. The molecule has 20 heavy (non-hydrogen) atoms. The van der Waals surface area contributed by atoms with Gasteiger partial charge in [-0.25, -0.2) is 13.1 Å². The molecule has 1 aromatic rings. The summed E-state index contributed by atoms with van der Waals surface area (Å²) in [5, 5.41) is 3.42. The van der Waals surface area contributed by atoms with E-state index in [9.17, 15) is 8.42 Å². The second-order valence-electron chi connectivity index (χ2n) is 5.67. The van der Waals surface area contributed by atoms with Crippen LogP contribution in [0.15, 0.2) is 27.6 Å². The van der Waals surface area contributed by atoms with Crippen molar-refractivity contribution in [2.45, 2.75) is 55.6 Å². The van der Waals surface area contributed by atoms with Gasteiger partial charge in [0.15, 0.2) is 0 Å². The van der Waals surface area contributed by atoms with E-state index in [4.69, 9.17) is 0 Å². The molecule has 0 aliphatic heterocycles. The van der Waals surface area contributed by atoms with E-state index in [2.05, 4.69) is 26.0 Å². The van der Waals surface area contributed by atoms with Crippen LogP contribution in [0.4, 0.5) is 0 Å². The summed E-state index contributed by atoms with van der Waals surface area (Å²) in [5.74, 6) is 0. The molecule has 0 radical (unpaired) electrons. The van der Waals surface area contributed by atoms with Crippen molar-refractivity contribution in [1.29, 1.82) is 0 Å². The van der Waals surface area contributed by atoms with E-state index in [1.807, 2.05) is 12.1 Å². The molecule has 0 saturated heterocycles. The molecule has 0 bridgehead atoms. The smallest absolute Gasteiger partial charge is 0.241 e. The first kappa shape index (κ1) is 14.5. The molecule has 4 nitrogen and oxygen atoms in total. The molecule has 2 aliphatic rings. The number of hydrogen-bond donors (Lipinski definition) is 2. The summed E-state index contributed by atoms with van der Waals surface area (Å²) in [6.45, 7) is 0.791. The predicted octanol–water partition coefficient (Wildman–Crippen LogP) is 2.53. The Bertz CT molecular complexity index is 595. The van der Waals surface area contributed by atoms with Gasteiger partial charge in [0.05, 0.1) is 4.90 Å². The largest absolute Gasteiger partial charge is 0.310 e. The molecule has 0 atom stereocenters. The van der Waals surface area contributed by atoms with Crippen LogP contribution in [0.2, 0.25) is 0 Å². The Hall–Kier alpha value is -0.430.